The van der Waals surface area contributed by atoms with E-state index in [0.717, 1.165) is 21.8 Å². The minimum Gasteiger partial charge on any atom is -0.352 e. The number of hydrogen-bond acceptors (Lipinski definition) is 1. The molecule has 1 amide bonds. The first-order valence-electron chi connectivity index (χ1n) is 5.38. The molecule has 1 aromatic carbocycles. The second kappa shape index (κ2) is 7.39. The van der Waals surface area contributed by atoms with Gasteiger partial charge in [0.15, 0.2) is 0 Å². The molecule has 0 aliphatic rings. The summed E-state index contributed by atoms with van der Waals surface area (Å²) in [5, 5.41) is 3.03. The molecule has 0 aromatic heterocycles. The second-order valence-corrected chi connectivity index (χ2v) is 6.32. The standard InChI is InChI=1S/C12H14Br2ClNO/c1-8(15)3-2-6-16-12(17)10-5-4-9(13)7-11(10)14/h4-5,7-8H,2-3,6H2,1H3,(H,16,17). The van der Waals surface area contributed by atoms with Crippen molar-refractivity contribution in [2.75, 3.05) is 6.54 Å². The number of carbonyl (C=O) groups excluding carboxylic acids is 1. The lowest BCUT2D eigenvalue weighted by Crippen LogP contribution is -2.25. The Morgan fingerprint density at radius 3 is 2.76 bits per heavy atom. The molecule has 0 fully saturated rings. The number of nitrogens with one attached hydrogen (secondary N) is 1. The largest absolute Gasteiger partial charge is 0.352 e. The zero-order valence-corrected chi connectivity index (χ0v) is 13.4. The zero-order valence-electron chi connectivity index (χ0n) is 9.47. The molecule has 17 heavy (non-hydrogen) atoms. The summed E-state index contributed by atoms with van der Waals surface area (Å²) in [6.45, 7) is 2.60. The van der Waals surface area contributed by atoms with Gasteiger partial charge in [-0.1, -0.05) is 15.9 Å². The lowest BCUT2D eigenvalue weighted by atomic mass is 10.2. The molecule has 1 atom stereocenters. The lowest BCUT2D eigenvalue weighted by Gasteiger charge is -2.07. The SMILES string of the molecule is CC(Cl)CCCNC(=O)c1ccc(Br)cc1Br. The van der Waals surface area contributed by atoms with Gasteiger partial charge in [0.05, 0.1) is 5.56 Å². The van der Waals surface area contributed by atoms with Gasteiger partial charge in [0, 0.05) is 20.9 Å². The van der Waals surface area contributed by atoms with Gasteiger partial charge in [-0.2, -0.15) is 0 Å². The molecule has 0 aliphatic heterocycles. The Bertz CT molecular complexity index is 396. The summed E-state index contributed by atoms with van der Waals surface area (Å²) in [4.78, 5) is 11.8. The maximum Gasteiger partial charge on any atom is 0.252 e. The van der Waals surface area contributed by atoms with E-state index in [2.05, 4.69) is 37.2 Å². The second-order valence-electron chi connectivity index (χ2n) is 3.80. The van der Waals surface area contributed by atoms with Crippen LogP contribution >= 0.6 is 43.5 Å². The Labute approximate surface area is 123 Å². The van der Waals surface area contributed by atoms with Crippen molar-refractivity contribution >= 4 is 49.4 Å². The monoisotopic (exact) mass is 381 g/mol. The smallest absolute Gasteiger partial charge is 0.252 e. The molecule has 0 saturated carbocycles. The average Bonchev–Trinajstić information content (AvgIpc) is 2.23. The van der Waals surface area contributed by atoms with Crippen LogP contribution in [0.1, 0.15) is 30.1 Å². The highest BCUT2D eigenvalue weighted by atomic mass is 79.9. The fraction of sp³-hybridized carbons (Fsp3) is 0.417. The molecule has 2 nitrogen and oxygen atoms in total. The van der Waals surface area contributed by atoms with E-state index in [1.54, 1.807) is 6.07 Å². The Hall–Kier alpha value is -0.0600. The maximum atomic E-state index is 11.8. The van der Waals surface area contributed by atoms with E-state index in [0.29, 0.717) is 12.1 Å². The van der Waals surface area contributed by atoms with Gasteiger partial charge in [-0.25, -0.2) is 0 Å². The van der Waals surface area contributed by atoms with Crippen molar-refractivity contribution in [1.29, 1.82) is 0 Å². The van der Waals surface area contributed by atoms with Gasteiger partial charge in [0.25, 0.3) is 5.91 Å². The van der Waals surface area contributed by atoms with Crippen molar-refractivity contribution in [3.63, 3.8) is 0 Å². The van der Waals surface area contributed by atoms with Crippen LogP contribution in [-0.2, 0) is 0 Å². The Balaban J connectivity index is 2.47. The number of amides is 1. The first-order valence-corrected chi connectivity index (χ1v) is 7.40. The fourth-order valence-corrected chi connectivity index (χ4v) is 2.74. The van der Waals surface area contributed by atoms with E-state index in [-0.39, 0.29) is 11.3 Å². The summed E-state index contributed by atoms with van der Waals surface area (Å²) in [5.41, 5.74) is 0.645. The van der Waals surface area contributed by atoms with Crippen LogP contribution in [0.4, 0.5) is 0 Å². The molecular formula is C12H14Br2ClNO. The van der Waals surface area contributed by atoms with Crippen LogP contribution in [0.3, 0.4) is 0 Å². The first-order chi connectivity index (χ1) is 8.00. The number of benzene rings is 1. The van der Waals surface area contributed by atoms with Crippen molar-refractivity contribution in [2.45, 2.75) is 25.1 Å². The predicted octanol–water partition coefficient (Wildman–Crippen LogP) is 4.35. The molecule has 0 radical (unpaired) electrons. The van der Waals surface area contributed by atoms with Crippen molar-refractivity contribution < 1.29 is 4.79 Å². The number of alkyl halides is 1. The number of carbonyl (C=O) groups is 1. The topological polar surface area (TPSA) is 29.1 Å². The summed E-state index contributed by atoms with van der Waals surface area (Å²) in [5.74, 6) is -0.0633. The maximum absolute atomic E-state index is 11.8. The summed E-state index contributed by atoms with van der Waals surface area (Å²) >= 11 is 12.5. The third kappa shape index (κ3) is 5.40. The van der Waals surface area contributed by atoms with Crippen molar-refractivity contribution in [2.24, 2.45) is 0 Å². The predicted molar refractivity (Wildman–Crippen MR) is 78.7 cm³/mol. The van der Waals surface area contributed by atoms with Gasteiger partial charge in [-0.15, -0.1) is 11.6 Å². The molecule has 0 aliphatic carbocycles. The molecular weight excluding hydrogens is 369 g/mol. The molecule has 1 N–H and O–H groups in total. The minimum absolute atomic E-state index is 0.0633. The van der Waals surface area contributed by atoms with Gasteiger partial charge in [-0.3, -0.25) is 4.79 Å². The molecule has 1 rings (SSSR count). The Morgan fingerprint density at radius 2 is 2.18 bits per heavy atom. The molecule has 1 aromatic rings. The zero-order chi connectivity index (χ0) is 12.8. The van der Waals surface area contributed by atoms with Crippen LogP contribution in [0, 0.1) is 0 Å². The molecule has 1 unspecified atom stereocenters. The van der Waals surface area contributed by atoms with Gasteiger partial charge in [0.1, 0.15) is 0 Å². The highest BCUT2D eigenvalue weighted by Crippen LogP contribution is 2.21. The fourth-order valence-electron chi connectivity index (χ4n) is 1.35. The lowest BCUT2D eigenvalue weighted by molar-refractivity contribution is 0.0952. The van der Waals surface area contributed by atoms with Gasteiger partial charge in [0.2, 0.25) is 0 Å². The van der Waals surface area contributed by atoms with Crippen molar-refractivity contribution in [3.05, 3.63) is 32.7 Å². The van der Waals surface area contributed by atoms with E-state index < -0.39 is 0 Å². The van der Waals surface area contributed by atoms with Crippen molar-refractivity contribution in [3.8, 4) is 0 Å². The summed E-state index contributed by atoms with van der Waals surface area (Å²) in [6, 6.07) is 5.49. The van der Waals surface area contributed by atoms with Gasteiger partial charge in [-0.05, 0) is 53.9 Å². The van der Waals surface area contributed by atoms with Crippen LogP contribution in [0.2, 0.25) is 0 Å². The minimum atomic E-state index is -0.0633. The summed E-state index contributed by atoms with van der Waals surface area (Å²) < 4.78 is 1.73. The van der Waals surface area contributed by atoms with E-state index in [1.807, 2.05) is 19.1 Å². The number of rotatable bonds is 5. The highest BCUT2D eigenvalue weighted by Gasteiger charge is 2.09. The molecule has 5 heteroatoms. The van der Waals surface area contributed by atoms with Crippen LogP contribution in [-0.4, -0.2) is 17.8 Å². The quantitative estimate of drug-likeness (QED) is 0.594. The Kier molecular flexibility index (Phi) is 6.52. The first kappa shape index (κ1) is 15.0. The molecule has 0 heterocycles. The summed E-state index contributed by atoms with van der Waals surface area (Å²) in [7, 11) is 0. The van der Waals surface area contributed by atoms with Crippen LogP contribution < -0.4 is 5.32 Å². The van der Waals surface area contributed by atoms with Gasteiger partial charge < -0.3 is 5.32 Å². The van der Waals surface area contributed by atoms with Crippen LogP contribution in [0.25, 0.3) is 0 Å². The van der Waals surface area contributed by atoms with E-state index in [1.165, 1.54) is 0 Å². The van der Waals surface area contributed by atoms with Crippen LogP contribution in [0.15, 0.2) is 27.1 Å². The number of halogens is 3. The van der Waals surface area contributed by atoms with Crippen LogP contribution in [0.5, 0.6) is 0 Å². The highest BCUT2D eigenvalue weighted by molar-refractivity contribution is 9.11. The van der Waals surface area contributed by atoms with E-state index in [4.69, 9.17) is 11.6 Å². The Morgan fingerprint density at radius 1 is 1.47 bits per heavy atom. The molecule has 0 spiro atoms. The third-order valence-electron chi connectivity index (χ3n) is 2.24. The number of hydrogen-bond donors (Lipinski definition) is 1. The van der Waals surface area contributed by atoms with Gasteiger partial charge >= 0.3 is 0 Å². The molecule has 0 bridgehead atoms. The molecule has 94 valence electrons. The molecule has 0 saturated heterocycles. The van der Waals surface area contributed by atoms with E-state index >= 15 is 0 Å². The third-order valence-corrected chi connectivity index (χ3v) is 3.61. The van der Waals surface area contributed by atoms with E-state index in [9.17, 15) is 4.79 Å². The summed E-state index contributed by atoms with van der Waals surface area (Å²) in [6.07, 6.45) is 1.80. The average molecular weight is 384 g/mol. The normalized spacial score (nSPS) is 12.2. The van der Waals surface area contributed by atoms with Crippen molar-refractivity contribution in [1.82, 2.24) is 5.32 Å².